The molecule has 0 radical (unpaired) electrons. The van der Waals surface area contributed by atoms with Gasteiger partial charge in [-0.2, -0.15) is 5.26 Å². The summed E-state index contributed by atoms with van der Waals surface area (Å²) in [6.07, 6.45) is 1.84. The molecule has 0 heterocycles. The van der Waals surface area contributed by atoms with Crippen LogP contribution in [0.4, 0.5) is 0 Å². The van der Waals surface area contributed by atoms with E-state index < -0.39 is 0 Å². The molecule has 0 aromatic heterocycles. The van der Waals surface area contributed by atoms with Crippen LogP contribution in [0.2, 0.25) is 0 Å². The molecule has 0 spiro atoms. The van der Waals surface area contributed by atoms with Crippen LogP contribution in [0.5, 0.6) is 11.5 Å². The van der Waals surface area contributed by atoms with Crippen LogP contribution in [-0.4, -0.2) is 7.11 Å². The van der Waals surface area contributed by atoms with Crippen molar-refractivity contribution >= 4 is 27.6 Å². The Morgan fingerprint density at radius 3 is 2.39 bits per heavy atom. The molecule has 3 aromatic carbocycles. The van der Waals surface area contributed by atoms with Crippen molar-refractivity contribution in [2.24, 2.45) is 0 Å². The predicted molar refractivity (Wildman–Crippen MR) is 116 cm³/mol. The number of allylic oxidation sites excluding steroid dienone is 1. The molecule has 0 aliphatic heterocycles. The number of hydrogen-bond donors (Lipinski definition) is 0. The van der Waals surface area contributed by atoms with Crippen molar-refractivity contribution in [3.05, 3.63) is 93.5 Å². The molecular weight excluding hydrogens is 414 g/mol. The van der Waals surface area contributed by atoms with Gasteiger partial charge in [0.1, 0.15) is 6.61 Å². The second-order valence-corrected chi connectivity index (χ2v) is 7.19. The highest BCUT2D eigenvalue weighted by Crippen LogP contribution is 2.35. The van der Waals surface area contributed by atoms with Crippen LogP contribution in [0.25, 0.3) is 11.6 Å². The third-order valence-corrected chi connectivity index (χ3v) is 4.99. The van der Waals surface area contributed by atoms with Crippen LogP contribution in [0.15, 0.2) is 71.2 Å². The van der Waals surface area contributed by atoms with E-state index in [1.54, 1.807) is 7.11 Å². The topological polar surface area (TPSA) is 42.2 Å². The maximum Gasteiger partial charge on any atom is 0.162 e. The van der Waals surface area contributed by atoms with Gasteiger partial charge in [0, 0.05) is 4.47 Å². The van der Waals surface area contributed by atoms with Crippen LogP contribution >= 0.6 is 15.9 Å². The van der Waals surface area contributed by atoms with Gasteiger partial charge in [0.15, 0.2) is 11.5 Å². The summed E-state index contributed by atoms with van der Waals surface area (Å²) < 4.78 is 12.3. The third-order valence-electron chi connectivity index (χ3n) is 4.30. The molecular formula is C24H20BrNO2. The summed E-state index contributed by atoms with van der Waals surface area (Å²) in [6, 6.07) is 23.8. The van der Waals surface area contributed by atoms with E-state index in [0.717, 1.165) is 21.2 Å². The third kappa shape index (κ3) is 4.82. The molecule has 0 unspecified atom stereocenters. The fraction of sp³-hybridized carbons (Fsp3) is 0.125. The maximum atomic E-state index is 9.55. The van der Waals surface area contributed by atoms with Crippen LogP contribution in [-0.2, 0) is 6.61 Å². The SMILES string of the molecule is COc1cc(C=C(C#N)c2ccccc2)c(Br)cc1OCc1ccc(C)cc1. The van der Waals surface area contributed by atoms with Crippen molar-refractivity contribution < 1.29 is 9.47 Å². The summed E-state index contributed by atoms with van der Waals surface area (Å²) in [4.78, 5) is 0. The summed E-state index contributed by atoms with van der Waals surface area (Å²) in [5, 5.41) is 9.55. The zero-order valence-electron chi connectivity index (χ0n) is 15.8. The molecule has 0 fully saturated rings. The van der Waals surface area contributed by atoms with Crippen molar-refractivity contribution in [3.63, 3.8) is 0 Å². The first-order valence-corrected chi connectivity index (χ1v) is 9.63. The molecule has 0 N–H and O–H groups in total. The van der Waals surface area contributed by atoms with Gasteiger partial charge in [-0.15, -0.1) is 0 Å². The molecule has 0 amide bonds. The minimum absolute atomic E-state index is 0.450. The molecule has 0 atom stereocenters. The van der Waals surface area contributed by atoms with Crippen molar-refractivity contribution in [1.82, 2.24) is 0 Å². The number of aryl methyl sites for hydroxylation is 1. The van der Waals surface area contributed by atoms with Gasteiger partial charge in [0.25, 0.3) is 0 Å². The highest BCUT2D eigenvalue weighted by atomic mass is 79.9. The molecule has 3 aromatic rings. The van der Waals surface area contributed by atoms with Crippen LogP contribution in [0, 0.1) is 18.3 Å². The van der Waals surface area contributed by atoms with E-state index in [1.807, 2.05) is 60.7 Å². The van der Waals surface area contributed by atoms with E-state index >= 15 is 0 Å². The fourth-order valence-electron chi connectivity index (χ4n) is 2.73. The highest BCUT2D eigenvalue weighted by Gasteiger charge is 2.11. The van der Waals surface area contributed by atoms with E-state index in [4.69, 9.17) is 9.47 Å². The summed E-state index contributed by atoms with van der Waals surface area (Å²) in [5.74, 6) is 1.26. The summed E-state index contributed by atoms with van der Waals surface area (Å²) >= 11 is 3.59. The molecule has 0 aliphatic rings. The van der Waals surface area contributed by atoms with Crippen molar-refractivity contribution in [3.8, 4) is 17.6 Å². The average Bonchev–Trinajstić information content (AvgIpc) is 2.73. The lowest BCUT2D eigenvalue weighted by molar-refractivity contribution is 0.284. The van der Waals surface area contributed by atoms with Gasteiger partial charge in [0.05, 0.1) is 18.8 Å². The molecule has 0 saturated heterocycles. The van der Waals surface area contributed by atoms with Crippen LogP contribution in [0.1, 0.15) is 22.3 Å². The second kappa shape index (κ2) is 9.25. The van der Waals surface area contributed by atoms with Gasteiger partial charge < -0.3 is 9.47 Å². The van der Waals surface area contributed by atoms with E-state index in [2.05, 4.69) is 41.1 Å². The highest BCUT2D eigenvalue weighted by molar-refractivity contribution is 9.10. The summed E-state index contributed by atoms with van der Waals surface area (Å²) in [6.45, 7) is 2.51. The Morgan fingerprint density at radius 2 is 1.75 bits per heavy atom. The number of nitrogens with zero attached hydrogens (tertiary/aromatic N) is 1. The standard InChI is InChI=1S/C24H20BrNO2/c1-17-8-10-18(11-9-17)16-28-24-14-22(25)20(13-23(24)27-2)12-21(15-26)19-6-4-3-5-7-19/h3-14H,16H2,1-2H3. The summed E-state index contributed by atoms with van der Waals surface area (Å²) in [7, 11) is 1.61. The van der Waals surface area contributed by atoms with E-state index in [9.17, 15) is 5.26 Å². The average molecular weight is 434 g/mol. The quantitative estimate of drug-likeness (QED) is 0.333. The molecule has 3 rings (SSSR count). The largest absolute Gasteiger partial charge is 0.493 e. The minimum Gasteiger partial charge on any atom is -0.493 e. The van der Waals surface area contributed by atoms with Crippen LogP contribution in [0.3, 0.4) is 0 Å². The predicted octanol–water partition coefficient (Wildman–Crippen LogP) is 6.41. The number of ether oxygens (including phenoxy) is 2. The first-order valence-electron chi connectivity index (χ1n) is 8.84. The monoisotopic (exact) mass is 433 g/mol. The number of benzene rings is 3. The zero-order valence-corrected chi connectivity index (χ0v) is 17.4. The molecule has 0 bridgehead atoms. The normalized spacial score (nSPS) is 11.0. The van der Waals surface area contributed by atoms with Gasteiger partial charge >= 0.3 is 0 Å². The Kier molecular flexibility index (Phi) is 6.52. The Labute approximate surface area is 174 Å². The fourth-order valence-corrected chi connectivity index (χ4v) is 3.17. The molecule has 140 valence electrons. The number of methoxy groups -OCH3 is 1. The van der Waals surface area contributed by atoms with Gasteiger partial charge in [-0.25, -0.2) is 0 Å². The Hall–Kier alpha value is -3.03. The molecule has 4 heteroatoms. The van der Waals surface area contributed by atoms with E-state index in [-0.39, 0.29) is 0 Å². The van der Waals surface area contributed by atoms with E-state index in [0.29, 0.717) is 23.7 Å². The zero-order chi connectivity index (χ0) is 19.9. The minimum atomic E-state index is 0.450. The molecule has 3 nitrogen and oxygen atoms in total. The number of rotatable bonds is 6. The van der Waals surface area contributed by atoms with Gasteiger partial charge in [-0.1, -0.05) is 76.1 Å². The smallest absolute Gasteiger partial charge is 0.162 e. The van der Waals surface area contributed by atoms with Crippen molar-refractivity contribution in [2.45, 2.75) is 13.5 Å². The lowest BCUT2D eigenvalue weighted by Crippen LogP contribution is -1.98. The number of nitriles is 1. The first-order chi connectivity index (χ1) is 13.6. The number of halogens is 1. The molecule has 0 aliphatic carbocycles. The maximum absolute atomic E-state index is 9.55. The first kappa shape index (κ1) is 19.7. The summed E-state index contributed by atoms with van der Waals surface area (Å²) in [5.41, 5.74) is 4.60. The number of hydrogen-bond acceptors (Lipinski definition) is 3. The van der Waals surface area contributed by atoms with Crippen molar-refractivity contribution in [1.29, 1.82) is 5.26 Å². The Balaban J connectivity index is 1.88. The van der Waals surface area contributed by atoms with Gasteiger partial charge in [0.2, 0.25) is 0 Å². The van der Waals surface area contributed by atoms with Crippen LogP contribution < -0.4 is 9.47 Å². The lowest BCUT2D eigenvalue weighted by atomic mass is 10.0. The molecule has 0 saturated carbocycles. The van der Waals surface area contributed by atoms with Gasteiger partial charge in [-0.3, -0.25) is 0 Å². The van der Waals surface area contributed by atoms with Gasteiger partial charge in [-0.05, 0) is 41.8 Å². The Morgan fingerprint density at radius 1 is 1.04 bits per heavy atom. The lowest BCUT2D eigenvalue weighted by Gasteiger charge is -2.13. The Bertz CT molecular complexity index is 1020. The van der Waals surface area contributed by atoms with E-state index in [1.165, 1.54) is 5.56 Å². The molecule has 28 heavy (non-hydrogen) atoms. The second-order valence-electron chi connectivity index (χ2n) is 6.33. The van der Waals surface area contributed by atoms with Crippen molar-refractivity contribution in [2.75, 3.05) is 7.11 Å².